The van der Waals surface area contributed by atoms with Gasteiger partial charge >= 0.3 is 0 Å². The van der Waals surface area contributed by atoms with Gasteiger partial charge in [-0.25, -0.2) is 0 Å². The number of ether oxygens (including phenoxy) is 1. The molecular weight excluding hydrogens is 506 g/mol. The Bertz CT molecular complexity index is 1660. The van der Waals surface area contributed by atoms with Crippen LogP contribution in [0.1, 0.15) is 28.2 Å². The lowest BCUT2D eigenvalue weighted by Crippen LogP contribution is -2.17. The molecule has 2 unspecified atom stereocenters. The molecule has 41 heavy (non-hydrogen) atoms. The van der Waals surface area contributed by atoms with Gasteiger partial charge in [0.1, 0.15) is 11.9 Å². The predicted octanol–water partition coefficient (Wildman–Crippen LogP) is 8.00. The molecule has 2 N–H and O–H groups in total. The average molecular weight is 540 g/mol. The third-order valence-corrected chi connectivity index (χ3v) is 7.84. The molecule has 5 nitrogen and oxygen atoms in total. The van der Waals surface area contributed by atoms with Gasteiger partial charge in [0.2, 0.25) is 0 Å². The summed E-state index contributed by atoms with van der Waals surface area (Å²) in [5, 5.41) is 14.2. The van der Waals surface area contributed by atoms with E-state index in [1.807, 2.05) is 37.4 Å². The Balaban J connectivity index is 1.14. The van der Waals surface area contributed by atoms with E-state index in [0.717, 1.165) is 45.3 Å². The molecule has 0 aromatic heterocycles. The van der Waals surface area contributed by atoms with Crippen molar-refractivity contribution in [3.05, 3.63) is 138 Å². The number of benzene rings is 4. The quantitative estimate of drug-likeness (QED) is 0.176. The third kappa shape index (κ3) is 5.32. The van der Waals surface area contributed by atoms with Gasteiger partial charge in [-0.15, -0.1) is 0 Å². The second kappa shape index (κ2) is 11.3. The van der Waals surface area contributed by atoms with Gasteiger partial charge in [-0.2, -0.15) is 0 Å². The molecule has 2 atom stereocenters. The molecule has 4 aromatic carbocycles. The largest absolute Gasteiger partial charge is 0.485 e. The SMILES string of the molecule is C=N/C(=C\Cc1ccc(C2=CC3Oc4ccccc4C3C=C2)cc1)c1ccc(-c2ccc(NC)c(N(C)O)c2)cc1. The second-order valence-corrected chi connectivity index (χ2v) is 10.4. The highest BCUT2D eigenvalue weighted by molar-refractivity contribution is 5.79. The van der Waals surface area contributed by atoms with E-state index in [4.69, 9.17) is 4.74 Å². The van der Waals surface area contributed by atoms with E-state index >= 15 is 0 Å². The number of nitrogens with one attached hydrogen (secondary N) is 1. The molecule has 204 valence electrons. The molecule has 0 amide bonds. The molecular formula is C36H33N3O2. The highest BCUT2D eigenvalue weighted by atomic mass is 16.5. The van der Waals surface area contributed by atoms with E-state index in [9.17, 15) is 5.21 Å². The van der Waals surface area contributed by atoms with Crippen LogP contribution >= 0.6 is 0 Å². The zero-order valence-electron chi connectivity index (χ0n) is 23.3. The summed E-state index contributed by atoms with van der Waals surface area (Å²) in [7, 11) is 3.46. The van der Waals surface area contributed by atoms with Gasteiger partial charge in [-0.05, 0) is 70.8 Å². The smallest absolute Gasteiger partial charge is 0.128 e. The first-order valence-corrected chi connectivity index (χ1v) is 13.8. The maximum Gasteiger partial charge on any atom is 0.128 e. The first-order chi connectivity index (χ1) is 20.0. The molecule has 1 aliphatic heterocycles. The Hall–Kier alpha value is -4.87. The normalized spacial score (nSPS) is 17.2. The topological polar surface area (TPSA) is 57.1 Å². The van der Waals surface area contributed by atoms with E-state index < -0.39 is 0 Å². The van der Waals surface area contributed by atoms with E-state index in [1.165, 1.54) is 22.3 Å². The Morgan fingerprint density at radius 3 is 2.44 bits per heavy atom. The molecule has 2 aliphatic rings. The minimum Gasteiger partial charge on any atom is -0.485 e. The molecule has 0 spiro atoms. The first-order valence-electron chi connectivity index (χ1n) is 13.8. The summed E-state index contributed by atoms with van der Waals surface area (Å²) in [6.07, 6.45) is 9.63. The van der Waals surface area contributed by atoms with E-state index in [0.29, 0.717) is 5.69 Å². The van der Waals surface area contributed by atoms with Gasteiger partial charge in [-0.3, -0.25) is 15.3 Å². The Morgan fingerprint density at radius 1 is 0.976 bits per heavy atom. The highest BCUT2D eigenvalue weighted by Gasteiger charge is 2.32. The van der Waals surface area contributed by atoms with Crippen LogP contribution in [0.3, 0.4) is 0 Å². The van der Waals surface area contributed by atoms with Gasteiger partial charge in [0.15, 0.2) is 0 Å². The summed E-state index contributed by atoms with van der Waals surface area (Å²) in [5.41, 5.74) is 10.4. The van der Waals surface area contributed by atoms with Crippen LogP contribution in [-0.2, 0) is 6.42 Å². The number of para-hydroxylation sites is 1. The van der Waals surface area contributed by atoms with Crippen LogP contribution in [0.5, 0.6) is 5.75 Å². The molecule has 0 radical (unpaired) electrons. The molecule has 1 heterocycles. The van der Waals surface area contributed by atoms with Crippen molar-refractivity contribution in [3.8, 4) is 16.9 Å². The van der Waals surface area contributed by atoms with Crippen LogP contribution < -0.4 is 15.1 Å². The maximum absolute atomic E-state index is 10.0. The fourth-order valence-corrected chi connectivity index (χ4v) is 5.59. The Morgan fingerprint density at radius 2 is 1.71 bits per heavy atom. The van der Waals surface area contributed by atoms with Crippen molar-refractivity contribution in [2.75, 3.05) is 24.5 Å². The summed E-state index contributed by atoms with van der Waals surface area (Å²) in [6, 6.07) is 31.2. The summed E-state index contributed by atoms with van der Waals surface area (Å²) >= 11 is 0. The van der Waals surface area contributed by atoms with Crippen LogP contribution in [0.2, 0.25) is 0 Å². The lowest BCUT2D eigenvalue weighted by molar-refractivity contribution is 0.269. The Labute approximate surface area is 241 Å². The number of anilines is 2. The number of hydrogen-bond acceptors (Lipinski definition) is 5. The number of fused-ring (bicyclic) bond motifs is 3. The van der Waals surface area contributed by atoms with Gasteiger partial charge in [0, 0.05) is 25.6 Å². The highest BCUT2D eigenvalue weighted by Crippen LogP contribution is 2.43. The maximum atomic E-state index is 10.0. The van der Waals surface area contributed by atoms with Crippen LogP contribution in [0, 0.1) is 0 Å². The average Bonchev–Trinajstić information content (AvgIpc) is 3.39. The fourth-order valence-electron chi connectivity index (χ4n) is 5.59. The van der Waals surface area contributed by atoms with Crippen LogP contribution in [0.4, 0.5) is 11.4 Å². The standard InChI is InChI=1S/C36H33N3O2/c1-37-32(27-15-13-26(14-16-27)28-18-21-33(38-2)34(22-28)39(3)40)20-10-24-8-11-25(12-9-24)29-17-19-31-30-6-4-5-7-35(30)41-36(31)23-29/h4-9,11-23,31,36,38,40H,1,10H2,2-3H3/b32-20-. The van der Waals surface area contributed by atoms with Gasteiger partial charge in [0.25, 0.3) is 0 Å². The van der Waals surface area contributed by atoms with Gasteiger partial charge in [-0.1, -0.05) is 91.0 Å². The van der Waals surface area contributed by atoms with Crippen molar-refractivity contribution in [2.45, 2.75) is 18.4 Å². The van der Waals surface area contributed by atoms with Crippen molar-refractivity contribution < 1.29 is 9.94 Å². The van der Waals surface area contributed by atoms with Crippen molar-refractivity contribution in [3.63, 3.8) is 0 Å². The fraction of sp³-hybridized carbons (Fsp3) is 0.139. The summed E-state index contributed by atoms with van der Waals surface area (Å²) in [4.78, 5) is 4.31. The zero-order valence-corrected chi connectivity index (χ0v) is 23.3. The van der Waals surface area contributed by atoms with E-state index in [1.54, 1.807) is 7.05 Å². The van der Waals surface area contributed by atoms with E-state index in [2.05, 4.69) is 102 Å². The minimum absolute atomic E-state index is 0.0494. The lowest BCUT2D eigenvalue weighted by Gasteiger charge is -2.19. The second-order valence-electron chi connectivity index (χ2n) is 10.4. The van der Waals surface area contributed by atoms with Crippen molar-refractivity contribution >= 4 is 29.4 Å². The molecule has 6 rings (SSSR count). The van der Waals surface area contributed by atoms with Gasteiger partial charge < -0.3 is 10.1 Å². The number of allylic oxidation sites excluding steroid dienone is 3. The molecule has 1 aliphatic carbocycles. The first kappa shape index (κ1) is 26.4. The molecule has 0 bridgehead atoms. The monoisotopic (exact) mass is 539 g/mol. The summed E-state index contributed by atoms with van der Waals surface area (Å²) < 4.78 is 6.20. The van der Waals surface area contributed by atoms with Crippen molar-refractivity contribution in [1.82, 2.24) is 0 Å². The molecule has 0 saturated heterocycles. The lowest BCUT2D eigenvalue weighted by atomic mass is 9.87. The van der Waals surface area contributed by atoms with Crippen molar-refractivity contribution in [2.24, 2.45) is 4.99 Å². The van der Waals surface area contributed by atoms with E-state index in [-0.39, 0.29) is 12.0 Å². The van der Waals surface area contributed by atoms with Crippen LogP contribution in [0.15, 0.2) is 120 Å². The summed E-state index contributed by atoms with van der Waals surface area (Å²) in [5.74, 6) is 1.27. The summed E-state index contributed by atoms with van der Waals surface area (Å²) in [6.45, 7) is 3.81. The number of rotatable bonds is 8. The molecule has 5 heteroatoms. The predicted molar refractivity (Wildman–Crippen MR) is 170 cm³/mol. The number of hydrogen-bond donors (Lipinski definition) is 2. The van der Waals surface area contributed by atoms with Crippen molar-refractivity contribution in [1.29, 1.82) is 0 Å². The third-order valence-electron chi connectivity index (χ3n) is 7.84. The molecule has 4 aromatic rings. The zero-order chi connectivity index (χ0) is 28.3. The minimum atomic E-state index is 0.0494. The Kier molecular flexibility index (Phi) is 7.28. The molecule has 0 fully saturated rings. The van der Waals surface area contributed by atoms with Crippen LogP contribution in [0.25, 0.3) is 22.4 Å². The number of hydroxylamine groups is 1. The number of aliphatic imine (C=N–C) groups is 1. The number of nitrogens with zero attached hydrogens (tertiary/aromatic N) is 2. The van der Waals surface area contributed by atoms with Crippen LogP contribution in [-0.4, -0.2) is 32.1 Å². The molecule has 0 saturated carbocycles. The van der Waals surface area contributed by atoms with Gasteiger partial charge in [0.05, 0.1) is 17.1 Å².